The minimum atomic E-state index is -4.55. The van der Waals surface area contributed by atoms with Gasteiger partial charge < -0.3 is 19.4 Å². The van der Waals surface area contributed by atoms with E-state index < -0.39 is 29.7 Å². The Morgan fingerprint density at radius 2 is 1.78 bits per heavy atom. The Bertz CT molecular complexity index is 1420. The third-order valence-electron chi connectivity index (χ3n) is 6.76. The quantitative estimate of drug-likeness (QED) is 0.313. The summed E-state index contributed by atoms with van der Waals surface area (Å²) < 4.78 is 46.1. The lowest BCUT2D eigenvalue weighted by molar-refractivity contribution is -0.139. The summed E-state index contributed by atoms with van der Waals surface area (Å²) in [7, 11) is 0. The first kappa shape index (κ1) is 24.6. The molecule has 0 bridgehead atoms. The van der Waals surface area contributed by atoms with Crippen molar-refractivity contribution in [3.05, 3.63) is 77.7 Å². The highest BCUT2D eigenvalue weighted by molar-refractivity contribution is 5.99. The molecule has 1 atom stereocenters. The highest BCUT2D eigenvalue weighted by Gasteiger charge is 2.31. The number of aromatic nitrogens is 2. The molecule has 0 spiro atoms. The first-order valence-corrected chi connectivity index (χ1v) is 12.0. The van der Waals surface area contributed by atoms with Gasteiger partial charge in [0.2, 0.25) is 0 Å². The van der Waals surface area contributed by atoms with Gasteiger partial charge in [-0.2, -0.15) is 13.2 Å². The van der Waals surface area contributed by atoms with Crippen LogP contribution in [0.5, 0.6) is 0 Å². The zero-order valence-corrected chi connectivity index (χ0v) is 19.7. The number of aliphatic carboxylic acids is 1. The lowest BCUT2D eigenvalue weighted by Gasteiger charge is -2.25. The van der Waals surface area contributed by atoms with Gasteiger partial charge in [0.1, 0.15) is 12.1 Å². The molecule has 0 saturated heterocycles. The average molecular weight is 512 g/mol. The number of rotatable bonds is 6. The van der Waals surface area contributed by atoms with Crippen LogP contribution in [0.4, 0.5) is 13.2 Å². The molecule has 2 heterocycles. The zero-order valence-electron chi connectivity index (χ0n) is 19.7. The van der Waals surface area contributed by atoms with Crippen molar-refractivity contribution in [2.24, 2.45) is 0 Å². The van der Waals surface area contributed by atoms with E-state index in [2.05, 4.69) is 9.88 Å². The Balaban J connectivity index is 1.45. The van der Waals surface area contributed by atoms with Crippen LogP contribution in [0.2, 0.25) is 0 Å². The predicted molar refractivity (Wildman–Crippen MR) is 129 cm³/mol. The number of fused-ring (bicyclic) bond motifs is 1. The summed E-state index contributed by atoms with van der Waals surface area (Å²) in [6.45, 7) is 0. The number of carboxylic acids is 1. The standard InChI is InChI=1S/C27H24F3N3O4/c28-27(29,30)19-9-6-16(7-10-19)23(26(35)36)32-25(34)17-8-11-22-21(14-17)31-24(18-12-13-37-15-18)33(22)20-4-2-1-3-5-20/h6-15,20,23H,1-5H2,(H,32,34)(H,35,36). The molecule has 192 valence electrons. The molecular formula is C27H24F3N3O4. The fourth-order valence-corrected chi connectivity index (χ4v) is 4.91. The lowest BCUT2D eigenvalue weighted by Crippen LogP contribution is -2.33. The van der Waals surface area contributed by atoms with Crippen LogP contribution in [-0.4, -0.2) is 26.5 Å². The number of hydrogen-bond donors (Lipinski definition) is 2. The van der Waals surface area contributed by atoms with Gasteiger partial charge in [-0.25, -0.2) is 9.78 Å². The normalized spacial score (nSPS) is 15.5. The summed E-state index contributed by atoms with van der Waals surface area (Å²) in [5.41, 5.74) is 1.57. The molecule has 37 heavy (non-hydrogen) atoms. The molecule has 1 aliphatic carbocycles. The number of imidazole rings is 1. The van der Waals surface area contributed by atoms with Crippen molar-refractivity contribution in [3.8, 4) is 11.4 Å². The Hall–Kier alpha value is -4.08. The van der Waals surface area contributed by atoms with Gasteiger partial charge in [-0.3, -0.25) is 4.79 Å². The molecule has 2 aromatic heterocycles. The van der Waals surface area contributed by atoms with Crippen LogP contribution in [0.25, 0.3) is 22.4 Å². The van der Waals surface area contributed by atoms with E-state index in [0.29, 0.717) is 5.52 Å². The number of carbonyl (C=O) groups is 2. The van der Waals surface area contributed by atoms with Gasteiger partial charge in [-0.15, -0.1) is 0 Å². The Kier molecular flexibility index (Phi) is 6.49. The van der Waals surface area contributed by atoms with E-state index in [9.17, 15) is 27.9 Å². The molecule has 1 unspecified atom stereocenters. The number of benzene rings is 2. The Labute approximate surface area is 209 Å². The number of nitrogens with zero attached hydrogens (tertiary/aromatic N) is 2. The fraction of sp³-hybridized carbons (Fsp3) is 0.296. The van der Waals surface area contributed by atoms with E-state index in [1.165, 1.54) is 6.42 Å². The van der Waals surface area contributed by atoms with Gasteiger partial charge in [0.05, 0.1) is 28.4 Å². The van der Waals surface area contributed by atoms with Crippen LogP contribution in [0.15, 0.2) is 65.5 Å². The largest absolute Gasteiger partial charge is 0.479 e. The van der Waals surface area contributed by atoms with Crippen LogP contribution in [0.1, 0.15) is 65.7 Å². The number of carboxylic acid groups (broad SMARTS) is 1. The average Bonchev–Trinajstić information content (AvgIpc) is 3.54. The van der Waals surface area contributed by atoms with E-state index in [0.717, 1.165) is 66.9 Å². The summed E-state index contributed by atoms with van der Waals surface area (Å²) in [5, 5.41) is 12.1. The monoisotopic (exact) mass is 511 g/mol. The van der Waals surface area contributed by atoms with Crippen molar-refractivity contribution in [2.75, 3.05) is 0 Å². The number of halogens is 3. The van der Waals surface area contributed by atoms with E-state index >= 15 is 0 Å². The number of alkyl halides is 3. The molecule has 10 heteroatoms. The van der Waals surface area contributed by atoms with E-state index in [-0.39, 0.29) is 17.2 Å². The second-order valence-corrected chi connectivity index (χ2v) is 9.18. The molecule has 4 aromatic rings. The minimum Gasteiger partial charge on any atom is -0.479 e. The summed E-state index contributed by atoms with van der Waals surface area (Å²) in [4.78, 5) is 29.7. The number of amides is 1. The highest BCUT2D eigenvalue weighted by atomic mass is 19.4. The maximum absolute atomic E-state index is 13.0. The van der Waals surface area contributed by atoms with Crippen molar-refractivity contribution < 1.29 is 32.3 Å². The third kappa shape index (κ3) is 4.96. The van der Waals surface area contributed by atoms with Gasteiger partial charge in [-0.1, -0.05) is 31.4 Å². The summed E-state index contributed by atoms with van der Waals surface area (Å²) in [6.07, 6.45) is 4.12. The molecule has 1 aliphatic rings. The Morgan fingerprint density at radius 3 is 2.41 bits per heavy atom. The maximum atomic E-state index is 13.0. The molecule has 0 aliphatic heterocycles. The van der Waals surface area contributed by atoms with Crippen molar-refractivity contribution in [1.82, 2.24) is 14.9 Å². The molecule has 1 amide bonds. The van der Waals surface area contributed by atoms with Crippen molar-refractivity contribution in [3.63, 3.8) is 0 Å². The van der Waals surface area contributed by atoms with Crippen LogP contribution >= 0.6 is 0 Å². The van der Waals surface area contributed by atoms with Gasteiger partial charge >= 0.3 is 12.1 Å². The molecule has 0 radical (unpaired) electrons. The summed E-state index contributed by atoms with van der Waals surface area (Å²) >= 11 is 0. The second-order valence-electron chi connectivity index (χ2n) is 9.18. The van der Waals surface area contributed by atoms with Crippen molar-refractivity contribution in [1.29, 1.82) is 0 Å². The number of furan rings is 1. The minimum absolute atomic E-state index is 0.0266. The summed E-state index contributed by atoms with van der Waals surface area (Å²) in [6, 6.07) is 9.24. The van der Waals surface area contributed by atoms with Crippen molar-refractivity contribution >= 4 is 22.9 Å². The smallest absolute Gasteiger partial charge is 0.416 e. The Morgan fingerprint density at radius 1 is 1.05 bits per heavy atom. The van der Waals surface area contributed by atoms with Gasteiger partial charge in [0.15, 0.2) is 6.04 Å². The molecule has 1 fully saturated rings. The SMILES string of the molecule is O=C(NC(C(=O)O)c1ccc(C(F)(F)F)cc1)c1ccc2c(c1)nc(-c1ccoc1)n2C1CCCCC1. The maximum Gasteiger partial charge on any atom is 0.416 e. The number of hydrogen-bond acceptors (Lipinski definition) is 4. The highest BCUT2D eigenvalue weighted by Crippen LogP contribution is 2.36. The first-order chi connectivity index (χ1) is 17.7. The number of carbonyl (C=O) groups excluding carboxylic acids is 1. The molecular weight excluding hydrogens is 487 g/mol. The molecule has 7 nitrogen and oxygen atoms in total. The predicted octanol–water partition coefficient (Wildman–Crippen LogP) is 6.38. The third-order valence-corrected chi connectivity index (χ3v) is 6.76. The summed E-state index contributed by atoms with van der Waals surface area (Å²) in [5.74, 6) is -1.33. The van der Waals surface area contributed by atoms with Crippen LogP contribution in [0.3, 0.4) is 0 Å². The molecule has 2 aromatic carbocycles. The van der Waals surface area contributed by atoms with E-state index in [4.69, 9.17) is 9.40 Å². The van der Waals surface area contributed by atoms with Crippen LogP contribution in [0, 0.1) is 0 Å². The number of nitrogens with one attached hydrogen (secondary N) is 1. The van der Waals surface area contributed by atoms with Gasteiger partial charge in [-0.05, 0) is 54.8 Å². The molecule has 1 saturated carbocycles. The second kappa shape index (κ2) is 9.76. The lowest BCUT2D eigenvalue weighted by atomic mass is 9.95. The molecule has 5 rings (SSSR count). The van der Waals surface area contributed by atoms with E-state index in [1.54, 1.807) is 30.7 Å². The van der Waals surface area contributed by atoms with Crippen molar-refractivity contribution in [2.45, 2.75) is 50.4 Å². The van der Waals surface area contributed by atoms with E-state index in [1.807, 2.05) is 6.07 Å². The molecule has 2 N–H and O–H groups in total. The fourth-order valence-electron chi connectivity index (χ4n) is 4.91. The zero-order chi connectivity index (χ0) is 26.2. The first-order valence-electron chi connectivity index (χ1n) is 12.0. The van der Waals surface area contributed by atoms with Crippen LogP contribution in [-0.2, 0) is 11.0 Å². The van der Waals surface area contributed by atoms with Gasteiger partial charge in [0.25, 0.3) is 5.91 Å². The van der Waals surface area contributed by atoms with Gasteiger partial charge in [0, 0.05) is 11.6 Å². The topological polar surface area (TPSA) is 97.4 Å². The van der Waals surface area contributed by atoms with Crippen LogP contribution < -0.4 is 5.32 Å².